The van der Waals surface area contributed by atoms with Crippen LogP contribution in [-0.4, -0.2) is 22.2 Å². The molecule has 1 aromatic heterocycles. The van der Waals surface area contributed by atoms with E-state index in [0.29, 0.717) is 5.46 Å². The molecule has 0 saturated heterocycles. The number of nitrogens with zero attached hydrogens (tertiary/aromatic N) is 1. The van der Waals surface area contributed by atoms with Crippen molar-refractivity contribution in [3.63, 3.8) is 0 Å². The molecule has 3 nitrogen and oxygen atoms in total. The van der Waals surface area contributed by atoms with E-state index < -0.39 is 7.12 Å². The highest BCUT2D eigenvalue weighted by atomic mass is 16.4. The maximum Gasteiger partial charge on any atom is 0.489 e. The van der Waals surface area contributed by atoms with Crippen molar-refractivity contribution in [2.45, 2.75) is 6.92 Å². The zero-order valence-corrected chi connectivity index (χ0v) is 7.81. The molecule has 0 fully saturated rings. The van der Waals surface area contributed by atoms with Gasteiger partial charge in [-0.05, 0) is 29.9 Å². The maximum atomic E-state index is 9.17. The summed E-state index contributed by atoms with van der Waals surface area (Å²) < 4.78 is 0. The Morgan fingerprint density at radius 1 is 1.21 bits per heavy atom. The van der Waals surface area contributed by atoms with Crippen LogP contribution in [0.3, 0.4) is 0 Å². The van der Waals surface area contributed by atoms with Crippen molar-refractivity contribution in [1.29, 1.82) is 0 Å². The van der Waals surface area contributed by atoms with Crippen molar-refractivity contribution in [3.05, 3.63) is 36.0 Å². The molecule has 1 heterocycles. The Kier molecular flexibility index (Phi) is 2.23. The predicted molar refractivity (Wildman–Crippen MR) is 56.3 cm³/mol. The summed E-state index contributed by atoms with van der Waals surface area (Å²) in [5, 5.41) is 19.1. The quantitative estimate of drug-likeness (QED) is 0.628. The second kappa shape index (κ2) is 3.40. The van der Waals surface area contributed by atoms with Gasteiger partial charge >= 0.3 is 7.12 Å². The molecule has 0 atom stereocenters. The highest BCUT2D eigenvalue weighted by Crippen LogP contribution is 2.09. The lowest BCUT2D eigenvalue weighted by molar-refractivity contribution is 0.426. The van der Waals surface area contributed by atoms with Crippen LogP contribution in [0.15, 0.2) is 30.3 Å². The lowest BCUT2D eigenvalue weighted by atomic mass is 9.78. The molecular weight excluding hydrogens is 177 g/mol. The standard InChI is InChI=1S/C10H10BNO2/c1-7-6-9(11(13)14)8-4-2-3-5-10(8)12-7/h2-6,13-14H,1H3. The Morgan fingerprint density at radius 2 is 1.93 bits per heavy atom. The summed E-state index contributed by atoms with van der Waals surface area (Å²) in [5.74, 6) is 0. The van der Waals surface area contributed by atoms with Gasteiger partial charge < -0.3 is 10.0 Å². The van der Waals surface area contributed by atoms with E-state index in [1.165, 1.54) is 0 Å². The first kappa shape index (κ1) is 9.18. The van der Waals surface area contributed by atoms with Gasteiger partial charge in [-0.2, -0.15) is 0 Å². The minimum absolute atomic E-state index is 0.508. The zero-order valence-electron chi connectivity index (χ0n) is 7.81. The number of hydrogen-bond donors (Lipinski definition) is 2. The highest BCUT2D eigenvalue weighted by Gasteiger charge is 2.15. The van der Waals surface area contributed by atoms with Crippen molar-refractivity contribution in [2.24, 2.45) is 0 Å². The molecule has 2 N–H and O–H groups in total. The molecule has 2 rings (SSSR count). The van der Waals surface area contributed by atoms with Gasteiger partial charge in [-0.25, -0.2) is 0 Å². The Hall–Kier alpha value is -1.39. The van der Waals surface area contributed by atoms with Crippen LogP contribution in [0.1, 0.15) is 5.69 Å². The molecule has 1 aromatic carbocycles. The Balaban J connectivity index is 2.80. The molecule has 0 bridgehead atoms. The average molecular weight is 187 g/mol. The number of rotatable bonds is 1. The first-order valence-corrected chi connectivity index (χ1v) is 4.41. The lowest BCUT2D eigenvalue weighted by Crippen LogP contribution is -2.31. The summed E-state index contributed by atoms with van der Waals surface area (Å²) in [4.78, 5) is 4.30. The van der Waals surface area contributed by atoms with Gasteiger partial charge in [0.15, 0.2) is 0 Å². The highest BCUT2D eigenvalue weighted by molar-refractivity contribution is 6.61. The molecule has 0 aliphatic rings. The largest absolute Gasteiger partial charge is 0.489 e. The number of aryl methyl sites for hydroxylation is 1. The van der Waals surface area contributed by atoms with E-state index in [1.807, 2.05) is 31.2 Å². The second-order valence-electron chi connectivity index (χ2n) is 3.24. The van der Waals surface area contributed by atoms with Gasteiger partial charge in [0.1, 0.15) is 0 Å². The number of hydrogen-bond acceptors (Lipinski definition) is 3. The third kappa shape index (κ3) is 1.50. The minimum atomic E-state index is -1.44. The van der Waals surface area contributed by atoms with Gasteiger partial charge in [0.25, 0.3) is 0 Å². The molecule has 70 valence electrons. The predicted octanol–water partition coefficient (Wildman–Crippen LogP) is 0.223. The molecule has 0 amide bonds. The summed E-state index contributed by atoms with van der Waals surface area (Å²) in [5.41, 5.74) is 2.08. The van der Waals surface area contributed by atoms with Crippen molar-refractivity contribution in [1.82, 2.24) is 4.98 Å². The molecule has 0 unspecified atom stereocenters. The van der Waals surface area contributed by atoms with Crippen LogP contribution >= 0.6 is 0 Å². The van der Waals surface area contributed by atoms with Gasteiger partial charge in [0.2, 0.25) is 0 Å². The Bertz CT molecular complexity index is 471. The van der Waals surface area contributed by atoms with E-state index in [1.54, 1.807) is 6.07 Å². The Morgan fingerprint density at radius 3 is 2.64 bits per heavy atom. The average Bonchev–Trinajstić information content (AvgIpc) is 2.16. The molecule has 0 aliphatic carbocycles. The second-order valence-corrected chi connectivity index (χ2v) is 3.24. The normalized spacial score (nSPS) is 10.5. The van der Waals surface area contributed by atoms with E-state index in [0.717, 1.165) is 16.6 Å². The fourth-order valence-electron chi connectivity index (χ4n) is 1.55. The summed E-state index contributed by atoms with van der Waals surface area (Å²) in [7, 11) is -1.44. The molecular formula is C10H10BNO2. The fourth-order valence-corrected chi connectivity index (χ4v) is 1.55. The first-order valence-electron chi connectivity index (χ1n) is 4.41. The van der Waals surface area contributed by atoms with Crippen LogP contribution in [0.25, 0.3) is 10.9 Å². The van der Waals surface area contributed by atoms with E-state index in [4.69, 9.17) is 0 Å². The number of aromatic nitrogens is 1. The van der Waals surface area contributed by atoms with Gasteiger partial charge in [-0.1, -0.05) is 18.2 Å². The molecule has 4 heteroatoms. The number of benzene rings is 1. The molecule has 0 radical (unpaired) electrons. The van der Waals surface area contributed by atoms with Crippen LogP contribution in [-0.2, 0) is 0 Å². The van der Waals surface area contributed by atoms with Crippen LogP contribution in [0, 0.1) is 6.92 Å². The third-order valence-corrected chi connectivity index (χ3v) is 2.15. The van der Waals surface area contributed by atoms with Gasteiger partial charge in [-0.3, -0.25) is 4.98 Å². The van der Waals surface area contributed by atoms with Gasteiger partial charge in [0.05, 0.1) is 5.52 Å². The molecule has 0 aliphatic heterocycles. The zero-order chi connectivity index (χ0) is 10.1. The third-order valence-electron chi connectivity index (χ3n) is 2.15. The van der Waals surface area contributed by atoms with Crippen LogP contribution in [0.5, 0.6) is 0 Å². The van der Waals surface area contributed by atoms with Crippen molar-refractivity contribution in [2.75, 3.05) is 0 Å². The lowest BCUT2D eigenvalue weighted by Gasteiger charge is -2.05. The molecule has 0 spiro atoms. The van der Waals surface area contributed by atoms with E-state index in [9.17, 15) is 10.0 Å². The summed E-state index contributed by atoms with van der Waals surface area (Å²) in [6, 6.07) is 9.10. The van der Waals surface area contributed by atoms with Gasteiger partial charge in [0, 0.05) is 5.69 Å². The monoisotopic (exact) mass is 187 g/mol. The first-order chi connectivity index (χ1) is 6.68. The number of fused-ring (bicyclic) bond motifs is 1. The van der Waals surface area contributed by atoms with Crippen LogP contribution < -0.4 is 5.46 Å². The molecule has 2 aromatic rings. The molecule has 0 saturated carbocycles. The smallest absolute Gasteiger partial charge is 0.423 e. The SMILES string of the molecule is Cc1cc(B(O)O)c2ccccc2n1. The minimum Gasteiger partial charge on any atom is -0.423 e. The van der Waals surface area contributed by atoms with E-state index >= 15 is 0 Å². The fraction of sp³-hybridized carbons (Fsp3) is 0.100. The van der Waals surface area contributed by atoms with Crippen molar-refractivity contribution < 1.29 is 10.0 Å². The summed E-state index contributed by atoms with van der Waals surface area (Å²) in [6.07, 6.45) is 0. The van der Waals surface area contributed by atoms with Crippen LogP contribution in [0.2, 0.25) is 0 Å². The van der Waals surface area contributed by atoms with Crippen molar-refractivity contribution in [3.8, 4) is 0 Å². The van der Waals surface area contributed by atoms with E-state index in [2.05, 4.69) is 4.98 Å². The van der Waals surface area contributed by atoms with Crippen molar-refractivity contribution >= 4 is 23.5 Å². The van der Waals surface area contributed by atoms with Gasteiger partial charge in [-0.15, -0.1) is 0 Å². The molecule has 14 heavy (non-hydrogen) atoms. The number of para-hydroxylation sites is 1. The maximum absolute atomic E-state index is 9.17. The number of pyridine rings is 1. The summed E-state index contributed by atoms with van der Waals surface area (Å²) in [6.45, 7) is 1.83. The topological polar surface area (TPSA) is 53.4 Å². The summed E-state index contributed by atoms with van der Waals surface area (Å²) >= 11 is 0. The van der Waals surface area contributed by atoms with Crippen LogP contribution in [0.4, 0.5) is 0 Å². The van der Waals surface area contributed by atoms with E-state index in [-0.39, 0.29) is 0 Å². The Labute approximate surface area is 82.2 Å².